The fourth-order valence-electron chi connectivity index (χ4n) is 7.04. The molecule has 2 rings (SSSR count). The van der Waals surface area contributed by atoms with Crippen LogP contribution in [0.4, 0.5) is 0 Å². The zero-order valence-electron chi connectivity index (χ0n) is 38.9. The second kappa shape index (κ2) is 37.0. The number of esters is 2. The third-order valence-corrected chi connectivity index (χ3v) is 11.0. The van der Waals surface area contributed by atoms with E-state index in [4.69, 9.17) is 28.4 Å². The maximum atomic E-state index is 12.9. The third-order valence-electron chi connectivity index (χ3n) is 11.0. The smallest absolute Gasteiger partial charge is 0.306 e. The molecule has 2 aliphatic rings. The molecule has 15 nitrogen and oxygen atoms in total. The summed E-state index contributed by atoms with van der Waals surface area (Å²) in [4.78, 5) is 25.7. The van der Waals surface area contributed by atoms with Gasteiger partial charge in [-0.2, -0.15) is 0 Å². The largest absolute Gasteiger partial charge is 0.462 e. The van der Waals surface area contributed by atoms with Gasteiger partial charge in [0, 0.05) is 12.8 Å². The first-order valence-corrected chi connectivity index (χ1v) is 24.1. The van der Waals surface area contributed by atoms with Crippen molar-refractivity contribution in [3.63, 3.8) is 0 Å². The van der Waals surface area contributed by atoms with Gasteiger partial charge < -0.3 is 64.2 Å². The first-order chi connectivity index (χ1) is 31.5. The number of ether oxygens (including phenoxy) is 6. The van der Waals surface area contributed by atoms with E-state index in [9.17, 15) is 45.3 Å². The van der Waals surface area contributed by atoms with E-state index in [0.29, 0.717) is 12.8 Å². The Labute approximate surface area is 387 Å². The molecule has 5 unspecified atom stereocenters. The SMILES string of the molecule is CC/C=C/C=C/C=C/C=C/CCCCCC(=O)OC(COC(=O)CCCCC/C=C/C=C/CCCCCCCCC)CO[C@@H]1O[C@H](CO[C@@H]2O[C@H](CO)[C@H](O)C(O)C2O)[C@H](O)C(O)C1O. The summed E-state index contributed by atoms with van der Waals surface area (Å²) < 4.78 is 33.4. The summed E-state index contributed by atoms with van der Waals surface area (Å²) in [6, 6.07) is 0. The maximum absolute atomic E-state index is 12.9. The number of rotatable bonds is 35. The molecule has 2 fully saturated rings. The molecule has 2 heterocycles. The number of unbranched alkanes of at least 4 members (excludes halogenated alkanes) is 13. The molecule has 15 heteroatoms. The Morgan fingerprint density at radius 3 is 1.54 bits per heavy atom. The van der Waals surface area contributed by atoms with Gasteiger partial charge >= 0.3 is 11.9 Å². The van der Waals surface area contributed by atoms with Crippen LogP contribution in [0.1, 0.15) is 136 Å². The topological polar surface area (TPSA) is 231 Å². The molecule has 0 radical (unpaired) electrons. The van der Waals surface area contributed by atoms with Gasteiger partial charge in [0.2, 0.25) is 0 Å². The number of carbonyl (C=O) groups excluding carboxylic acids is 2. The molecule has 11 atom stereocenters. The third kappa shape index (κ3) is 25.6. The molecule has 0 saturated carbocycles. The van der Waals surface area contributed by atoms with Gasteiger partial charge in [-0.3, -0.25) is 9.59 Å². The van der Waals surface area contributed by atoms with E-state index in [1.807, 2.05) is 36.5 Å². The summed E-state index contributed by atoms with van der Waals surface area (Å²) in [6.45, 7) is 2.34. The Morgan fingerprint density at radius 1 is 0.508 bits per heavy atom. The normalized spacial score (nSPS) is 27.0. The minimum absolute atomic E-state index is 0.110. The zero-order chi connectivity index (χ0) is 47.5. The molecular formula is C50H82O15. The van der Waals surface area contributed by atoms with Crippen molar-refractivity contribution in [1.82, 2.24) is 0 Å². The molecule has 65 heavy (non-hydrogen) atoms. The molecule has 0 aliphatic carbocycles. The molecule has 0 aromatic rings. The quantitative estimate of drug-likeness (QED) is 0.0224. The van der Waals surface area contributed by atoms with Gasteiger partial charge in [-0.05, 0) is 57.8 Å². The summed E-state index contributed by atoms with van der Waals surface area (Å²) in [7, 11) is 0. The predicted octanol–water partition coefficient (Wildman–Crippen LogP) is 5.87. The summed E-state index contributed by atoms with van der Waals surface area (Å²) in [5.41, 5.74) is 0. The lowest BCUT2D eigenvalue weighted by atomic mass is 9.98. The number of carbonyl (C=O) groups is 2. The van der Waals surface area contributed by atoms with Crippen LogP contribution in [0.25, 0.3) is 0 Å². The molecule has 2 aliphatic heterocycles. The number of hydrogen-bond acceptors (Lipinski definition) is 15. The van der Waals surface area contributed by atoms with Crippen molar-refractivity contribution < 1.29 is 73.8 Å². The average molecular weight is 923 g/mol. The van der Waals surface area contributed by atoms with Crippen LogP contribution in [0, 0.1) is 0 Å². The van der Waals surface area contributed by atoms with Crippen molar-refractivity contribution in [2.75, 3.05) is 26.4 Å². The Kier molecular flexibility index (Phi) is 33.0. The first-order valence-electron chi connectivity index (χ1n) is 24.1. The molecule has 7 N–H and O–H groups in total. The van der Waals surface area contributed by atoms with Crippen LogP contribution in [0.3, 0.4) is 0 Å². The first kappa shape index (κ1) is 58.1. The average Bonchev–Trinajstić information content (AvgIpc) is 3.30. The Bertz CT molecular complexity index is 1410. The highest BCUT2D eigenvalue weighted by Gasteiger charge is 2.47. The van der Waals surface area contributed by atoms with Crippen molar-refractivity contribution in [2.45, 2.75) is 203 Å². The molecule has 0 aromatic heterocycles. The van der Waals surface area contributed by atoms with Crippen LogP contribution in [-0.2, 0) is 38.0 Å². The highest BCUT2D eigenvalue weighted by atomic mass is 16.7. The minimum atomic E-state index is -1.78. The summed E-state index contributed by atoms with van der Waals surface area (Å²) >= 11 is 0. The van der Waals surface area contributed by atoms with Gasteiger partial charge in [0.15, 0.2) is 18.7 Å². The van der Waals surface area contributed by atoms with E-state index in [1.165, 1.54) is 44.9 Å². The second-order valence-corrected chi connectivity index (χ2v) is 16.7. The Morgan fingerprint density at radius 2 is 0.969 bits per heavy atom. The van der Waals surface area contributed by atoms with Gasteiger partial charge in [-0.15, -0.1) is 0 Å². The molecule has 0 bridgehead atoms. The maximum Gasteiger partial charge on any atom is 0.306 e. The van der Waals surface area contributed by atoms with Crippen LogP contribution in [-0.4, -0.2) is 142 Å². The van der Waals surface area contributed by atoms with Gasteiger partial charge in [-0.25, -0.2) is 0 Å². The monoisotopic (exact) mass is 923 g/mol. The lowest BCUT2D eigenvalue weighted by Gasteiger charge is -2.42. The molecule has 2 saturated heterocycles. The van der Waals surface area contributed by atoms with Crippen LogP contribution in [0.2, 0.25) is 0 Å². The molecule has 0 amide bonds. The lowest BCUT2D eigenvalue weighted by Crippen LogP contribution is -2.61. The van der Waals surface area contributed by atoms with Crippen molar-refractivity contribution in [1.29, 1.82) is 0 Å². The highest BCUT2D eigenvalue weighted by molar-refractivity contribution is 5.70. The van der Waals surface area contributed by atoms with Gasteiger partial charge in [0.25, 0.3) is 0 Å². The van der Waals surface area contributed by atoms with Gasteiger partial charge in [-0.1, -0.05) is 138 Å². The van der Waals surface area contributed by atoms with Gasteiger partial charge in [0.1, 0.15) is 55.4 Å². The fourth-order valence-corrected chi connectivity index (χ4v) is 7.04. The van der Waals surface area contributed by atoms with E-state index >= 15 is 0 Å². The highest BCUT2D eigenvalue weighted by Crippen LogP contribution is 2.26. The molecular weight excluding hydrogens is 841 g/mol. The van der Waals surface area contributed by atoms with E-state index in [1.54, 1.807) is 0 Å². The molecule has 0 aromatic carbocycles. The molecule has 372 valence electrons. The Hall–Kier alpha value is -3.06. The van der Waals surface area contributed by atoms with Crippen LogP contribution >= 0.6 is 0 Å². The van der Waals surface area contributed by atoms with E-state index in [2.05, 4.69) is 50.3 Å². The van der Waals surface area contributed by atoms with E-state index in [-0.39, 0.29) is 19.4 Å². The lowest BCUT2D eigenvalue weighted by molar-refractivity contribution is -0.332. The number of aliphatic hydroxyl groups is 7. The number of allylic oxidation sites excluding steroid dienone is 12. The number of hydrogen-bond donors (Lipinski definition) is 7. The van der Waals surface area contributed by atoms with Crippen LogP contribution < -0.4 is 0 Å². The summed E-state index contributed by atoms with van der Waals surface area (Å²) in [6.07, 6.45) is 25.2. The van der Waals surface area contributed by atoms with Crippen molar-refractivity contribution in [3.8, 4) is 0 Å². The fraction of sp³-hybridized carbons (Fsp3) is 0.720. The van der Waals surface area contributed by atoms with Crippen LogP contribution in [0.5, 0.6) is 0 Å². The van der Waals surface area contributed by atoms with E-state index < -0.39 is 99.3 Å². The second-order valence-electron chi connectivity index (χ2n) is 16.7. The summed E-state index contributed by atoms with van der Waals surface area (Å²) in [5.74, 6) is -1.01. The van der Waals surface area contributed by atoms with Crippen molar-refractivity contribution in [2.24, 2.45) is 0 Å². The zero-order valence-corrected chi connectivity index (χ0v) is 38.9. The Balaban J connectivity index is 1.87. The standard InChI is InChI=1S/C50H82O15/c1-3-5-7-9-11-13-15-17-18-19-21-22-24-26-28-30-32-41(52)60-35-38(63-42(53)33-31-29-27-25-23-20-16-14-12-10-8-6-4-2)36-61-49-48(59)46(57)44(55)40(65-49)37-62-50-47(58)45(56)43(54)39(34-51)64-50/h6,8,10,12,14,16,18-23,38-40,43-51,54-59H,3-5,7,9,11,13,15,17,24-37H2,1-2H3/b8-6+,12-10+,16-14+,19-18+,22-21+,23-20+/t38?,39-,40-,43+,44+,45?,46?,47?,48?,49-,50-/m1/s1. The minimum Gasteiger partial charge on any atom is -0.462 e. The van der Waals surface area contributed by atoms with Crippen LogP contribution in [0.15, 0.2) is 72.9 Å². The number of aliphatic hydroxyl groups excluding tert-OH is 7. The van der Waals surface area contributed by atoms with Gasteiger partial charge in [0.05, 0.1) is 19.8 Å². The van der Waals surface area contributed by atoms with Crippen molar-refractivity contribution >= 4 is 11.9 Å². The predicted molar refractivity (Wildman–Crippen MR) is 247 cm³/mol. The van der Waals surface area contributed by atoms with Crippen molar-refractivity contribution in [3.05, 3.63) is 72.9 Å². The van der Waals surface area contributed by atoms with E-state index in [0.717, 1.165) is 51.4 Å². The summed E-state index contributed by atoms with van der Waals surface area (Å²) in [5, 5.41) is 71.9. The molecule has 0 spiro atoms.